The molecule has 0 bridgehead atoms. The smallest absolute Gasteiger partial charge is 0.303 e. The van der Waals surface area contributed by atoms with Crippen molar-refractivity contribution in [2.24, 2.45) is 5.92 Å². The molecule has 7 nitrogen and oxygen atoms in total. The minimum atomic E-state index is -0.778. The van der Waals surface area contributed by atoms with Crippen molar-refractivity contribution in [3.63, 3.8) is 0 Å². The van der Waals surface area contributed by atoms with E-state index in [1.165, 1.54) is 0 Å². The molecule has 0 atom stereocenters. The normalized spacial score (nSPS) is 14.4. The Morgan fingerprint density at radius 1 is 1.03 bits per heavy atom. The van der Waals surface area contributed by atoms with Crippen LogP contribution in [-0.4, -0.2) is 51.5 Å². The first-order valence-electron chi connectivity index (χ1n) is 11.2. The Kier molecular flexibility index (Phi) is 8.82. The van der Waals surface area contributed by atoms with Crippen molar-refractivity contribution in [3.05, 3.63) is 54.0 Å². The standard InChI is InChI=1S/C24H32N4O3/c29-23(7-4-16-27-22-6-1-2-14-26-22)28-17-12-19(13-18-28)8-10-21-20(5-3-15-25-21)9-11-24(30)31/h1-3,5-6,14-15,19H,4,7-13,16-18H2,(H,26,27)(H,30,31). The second kappa shape index (κ2) is 12.0. The van der Waals surface area contributed by atoms with Crippen LogP contribution in [0.1, 0.15) is 49.8 Å². The number of aryl methyl sites for hydroxylation is 2. The number of rotatable bonds is 11. The molecule has 0 spiro atoms. The minimum Gasteiger partial charge on any atom is -0.481 e. The number of carbonyl (C=O) groups is 2. The number of piperidine rings is 1. The van der Waals surface area contributed by atoms with E-state index in [-0.39, 0.29) is 12.3 Å². The Labute approximate surface area is 183 Å². The highest BCUT2D eigenvalue weighted by atomic mass is 16.4. The van der Waals surface area contributed by atoms with Gasteiger partial charge in [0.15, 0.2) is 0 Å². The summed E-state index contributed by atoms with van der Waals surface area (Å²) >= 11 is 0. The molecule has 31 heavy (non-hydrogen) atoms. The van der Waals surface area contributed by atoms with Crippen LogP contribution in [0.4, 0.5) is 5.82 Å². The van der Waals surface area contributed by atoms with Crippen LogP contribution < -0.4 is 5.32 Å². The zero-order valence-corrected chi connectivity index (χ0v) is 18.0. The van der Waals surface area contributed by atoms with Gasteiger partial charge in [0.05, 0.1) is 0 Å². The molecular weight excluding hydrogens is 392 g/mol. The van der Waals surface area contributed by atoms with Crippen LogP contribution in [0.5, 0.6) is 0 Å². The van der Waals surface area contributed by atoms with Gasteiger partial charge < -0.3 is 15.3 Å². The predicted molar refractivity (Wildman–Crippen MR) is 120 cm³/mol. The first-order valence-corrected chi connectivity index (χ1v) is 11.2. The van der Waals surface area contributed by atoms with Crippen molar-refractivity contribution in [2.45, 2.75) is 51.4 Å². The molecule has 3 rings (SSSR count). The monoisotopic (exact) mass is 424 g/mol. The average Bonchev–Trinajstić information content (AvgIpc) is 2.80. The Morgan fingerprint density at radius 3 is 2.58 bits per heavy atom. The summed E-state index contributed by atoms with van der Waals surface area (Å²) in [5.41, 5.74) is 2.06. The summed E-state index contributed by atoms with van der Waals surface area (Å²) in [5, 5.41) is 12.2. The molecule has 1 fully saturated rings. The molecule has 3 heterocycles. The van der Waals surface area contributed by atoms with Crippen LogP contribution in [0.2, 0.25) is 0 Å². The second-order valence-corrected chi connectivity index (χ2v) is 8.11. The van der Waals surface area contributed by atoms with Crippen LogP contribution >= 0.6 is 0 Å². The largest absolute Gasteiger partial charge is 0.481 e. The van der Waals surface area contributed by atoms with Crippen LogP contribution in [0.3, 0.4) is 0 Å². The number of hydrogen-bond acceptors (Lipinski definition) is 5. The Bertz CT molecular complexity index is 836. The number of carboxylic acid groups (broad SMARTS) is 1. The summed E-state index contributed by atoms with van der Waals surface area (Å²) < 4.78 is 0. The number of carboxylic acids is 1. The van der Waals surface area contributed by atoms with E-state index in [1.807, 2.05) is 35.2 Å². The summed E-state index contributed by atoms with van der Waals surface area (Å²) in [6.45, 7) is 2.39. The first kappa shape index (κ1) is 22.7. The SMILES string of the molecule is O=C(O)CCc1cccnc1CCC1CCN(C(=O)CCCNc2ccccn2)CC1. The molecule has 7 heteroatoms. The molecule has 1 aliphatic rings. The van der Waals surface area contributed by atoms with Crippen LogP contribution in [-0.2, 0) is 22.4 Å². The van der Waals surface area contributed by atoms with E-state index in [0.717, 1.165) is 68.8 Å². The van der Waals surface area contributed by atoms with Gasteiger partial charge in [0.25, 0.3) is 0 Å². The Balaban J connectivity index is 1.34. The average molecular weight is 425 g/mol. The zero-order valence-electron chi connectivity index (χ0n) is 18.0. The number of nitrogens with one attached hydrogen (secondary N) is 1. The van der Waals surface area contributed by atoms with Gasteiger partial charge in [0.1, 0.15) is 5.82 Å². The summed E-state index contributed by atoms with van der Waals surface area (Å²) in [6.07, 6.45) is 9.51. The van der Waals surface area contributed by atoms with Crippen LogP contribution in [0.25, 0.3) is 0 Å². The van der Waals surface area contributed by atoms with Gasteiger partial charge >= 0.3 is 5.97 Å². The maximum absolute atomic E-state index is 12.5. The third-order valence-corrected chi connectivity index (χ3v) is 5.89. The van der Waals surface area contributed by atoms with Gasteiger partial charge in [-0.3, -0.25) is 14.6 Å². The fraction of sp³-hybridized carbons (Fsp3) is 0.500. The maximum Gasteiger partial charge on any atom is 0.303 e. The molecule has 2 N–H and O–H groups in total. The van der Waals surface area contributed by atoms with Crippen molar-refractivity contribution in [2.75, 3.05) is 25.0 Å². The van der Waals surface area contributed by atoms with E-state index in [0.29, 0.717) is 18.8 Å². The summed E-state index contributed by atoms with van der Waals surface area (Å²) in [5.74, 6) is 0.889. The molecule has 0 saturated carbocycles. The van der Waals surface area contributed by atoms with Gasteiger partial charge in [-0.2, -0.15) is 0 Å². The molecule has 1 saturated heterocycles. The molecule has 0 unspecified atom stereocenters. The summed E-state index contributed by atoms with van der Waals surface area (Å²) in [4.78, 5) is 34.1. The first-order chi connectivity index (χ1) is 15.1. The highest BCUT2D eigenvalue weighted by Gasteiger charge is 2.22. The third kappa shape index (κ3) is 7.66. The molecule has 166 valence electrons. The second-order valence-electron chi connectivity index (χ2n) is 8.11. The fourth-order valence-electron chi connectivity index (χ4n) is 4.06. The zero-order chi connectivity index (χ0) is 21.9. The molecular formula is C24H32N4O3. The van der Waals surface area contributed by atoms with Crippen LogP contribution in [0.15, 0.2) is 42.7 Å². The number of aromatic nitrogens is 2. The Morgan fingerprint density at radius 2 is 1.84 bits per heavy atom. The van der Waals surface area contributed by atoms with Crippen molar-refractivity contribution >= 4 is 17.7 Å². The third-order valence-electron chi connectivity index (χ3n) is 5.89. The number of pyridine rings is 2. The topological polar surface area (TPSA) is 95.4 Å². The number of aliphatic carboxylic acids is 1. The van der Waals surface area contributed by atoms with Gasteiger partial charge in [-0.25, -0.2) is 4.98 Å². The summed E-state index contributed by atoms with van der Waals surface area (Å²) in [7, 11) is 0. The van der Waals surface area contributed by atoms with Crippen LogP contribution in [0, 0.1) is 5.92 Å². The Hall–Kier alpha value is -2.96. The van der Waals surface area contributed by atoms with Crippen molar-refractivity contribution in [3.8, 4) is 0 Å². The number of nitrogens with zero attached hydrogens (tertiary/aromatic N) is 3. The van der Waals surface area contributed by atoms with Crippen molar-refractivity contribution in [1.82, 2.24) is 14.9 Å². The molecule has 0 aliphatic carbocycles. The van der Waals surface area contributed by atoms with Gasteiger partial charge in [0.2, 0.25) is 5.91 Å². The molecule has 0 radical (unpaired) electrons. The maximum atomic E-state index is 12.5. The highest BCUT2D eigenvalue weighted by molar-refractivity contribution is 5.76. The van der Waals surface area contributed by atoms with Crippen molar-refractivity contribution in [1.29, 1.82) is 0 Å². The van der Waals surface area contributed by atoms with Gasteiger partial charge in [-0.1, -0.05) is 12.1 Å². The van der Waals surface area contributed by atoms with E-state index in [1.54, 1.807) is 12.4 Å². The predicted octanol–water partition coefficient (Wildman–Crippen LogP) is 3.56. The lowest BCUT2D eigenvalue weighted by Gasteiger charge is -2.32. The molecule has 2 aromatic rings. The van der Waals surface area contributed by atoms with E-state index >= 15 is 0 Å². The van der Waals surface area contributed by atoms with Crippen molar-refractivity contribution < 1.29 is 14.7 Å². The molecule has 1 aliphatic heterocycles. The molecule has 0 aromatic carbocycles. The summed E-state index contributed by atoms with van der Waals surface area (Å²) in [6, 6.07) is 9.60. The van der Waals surface area contributed by atoms with Gasteiger partial charge in [-0.05, 0) is 68.2 Å². The fourth-order valence-corrected chi connectivity index (χ4v) is 4.06. The van der Waals surface area contributed by atoms with E-state index in [4.69, 9.17) is 5.11 Å². The molecule has 1 amide bonds. The lowest BCUT2D eigenvalue weighted by atomic mass is 9.90. The minimum absolute atomic E-state index is 0.135. The number of likely N-dealkylation sites (tertiary alicyclic amines) is 1. The molecule has 2 aromatic heterocycles. The number of anilines is 1. The quantitative estimate of drug-likeness (QED) is 0.536. The van der Waals surface area contributed by atoms with E-state index in [2.05, 4.69) is 15.3 Å². The van der Waals surface area contributed by atoms with E-state index in [9.17, 15) is 9.59 Å². The lowest BCUT2D eigenvalue weighted by Crippen LogP contribution is -2.38. The van der Waals surface area contributed by atoms with E-state index < -0.39 is 5.97 Å². The number of hydrogen-bond donors (Lipinski definition) is 2. The lowest BCUT2D eigenvalue weighted by molar-refractivity contribution is -0.137. The number of carbonyl (C=O) groups excluding carboxylic acids is 1. The van der Waals surface area contributed by atoms with Gasteiger partial charge in [0, 0.05) is 50.6 Å². The highest BCUT2D eigenvalue weighted by Crippen LogP contribution is 2.23. The van der Waals surface area contributed by atoms with Gasteiger partial charge in [-0.15, -0.1) is 0 Å². The number of amides is 1.